The molecule has 2 rings (SSSR count). The number of furan rings is 1. The lowest BCUT2D eigenvalue weighted by Crippen LogP contribution is -2.08. The van der Waals surface area contributed by atoms with Crippen LogP contribution in [-0.2, 0) is 0 Å². The molecule has 0 atom stereocenters. The molecule has 1 aromatic heterocycles. The van der Waals surface area contributed by atoms with Crippen LogP contribution in [-0.4, -0.2) is 5.78 Å². The van der Waals surface area contributed by atoms with Gasteiger partial charge in [-0.25, -0.2) is 0 Å². The van der Waals surface area contributed by atoms with E-state index in [1.807, 2.05) is 0 Å². The number of ketones is 1. The van der Waals surface area contributed by atoms with E-state index in [0.29, 0.717) is 12.2 Å². The monoisotopic (exact) mass is 206 g/mol. The van der Waals surface area contributed by atoms with Crippen LogP contribution in [0.25, 0.3) is 0 Å². The summed E-state index contributed by atoms with van der Waals surface area (Å²) < 4.78 is 5.09. The third-order valence-corrected chi connectivity index (χ3v) is 3.30. The molecule has 0 amide bonds. The molecule has 0 saturated heterocycles. The molecule has 2 nitrogen and oxygen atoms in total. The second-order valence-electron chi connectivity index (χ2n) is 4.44. The van der Waals surface area contributed by atoms with Crippen LogP contribution in [0.1, 0.15) is 55.5 Å². The minimum Gasteiger partial charge on any atom is -0.461 e. The van der Waals surface area contributed by atoms with Gasteiger partial charge in [0.15, 0.2) is 11.5 Å². The standard InChI is InChI=1S/C13H18O2/c14-12(13-7-4-10-15-13)9-8-11-5-2-1-3-6-11/h4,7,10-11H,1-3,5-6,8-9H2. The molecule has 1 fully saturated rings. The average molecular weight is 206 g/mol. The third-order valence-electron chi connectivity index (χ3n) is 3.30. The van der Waals surface area contributed by atoms with Crippen molar-refractivity contribution in [2.24, 2.45) is 5.92 Å². The van der Waals surface area contributed by atoms with Crippen LogP contribution < -0.4 is 0 Å². The Bertz CT molecular complexity index is 294. The summed E-state index contributed by atoms with van der Waals surface area (Å²) in [5, 5.41) is 0. The second kappa shape index (κ2) is 5.15. The summed E-state index contributed by atoms with van der Waals surface area (Å²) in [4.78, 5) is 11.7. The lowest BCUT2D eigenvalue weighted by molar-refractivity contribution is 0.0943. The number of rotatable bonds is 4. The van der Waals surface area contributed by atoms with Crippen molar-refractivity contribution < 1.29 is 9.21 Å². The van der Waals surface area contributed by atoms with Gasteiger partial charge in [0.25, 0.3) is 0 Å². The largest absolute Gasteiger partial charge is 0.461 e. The fraction of sp³-hybridized carbons (Fsp3) is 0.615. The molecule has 82 valence electrons. The van der Waals surface area contributed by atoms with E-state index < -0.39 is 0 Å². The van der Waals surface area contributed by atoms with Crippen molar-refractivity contribution in [1.29, 1.82) is 0 Å². The van der Waals surface area contributed by atoms with Gasteiger partial charge in [-0.15, -0.1) is 0 Å². The quantitative estimate of drug-likeness (QED) is 0.701. The molecule has 1 heterocycles. The van der Waals surface area contributed by atoms with E-state index in [9.17, 15) is 4.79 Å². The normalized spacial score (nSPS) is 17.9. The highest BCUT2D eigenvalue weighted by atomic mass is 16.3. The van der Waals surface area contributed by atoms with Gasteiger partial charge < -0.3 is 4.42 Å². The Labute approximate surface area is 90.7 Å². The maximum Gasteiger partial charge on any atom is 0.197 e. The molecule has 0 aromatic carbocycles. The van der Waals surface area contributed by atoms with Gasteiger partial charge in [-0.1, -0.05) is 32.1 Å². The van der Waals surface area contributed by atoms with Crippen LogP contribution in [0, 0.1) is 5.92 Å². The summed E-state index contributed by atoms with van der Waals surface area (Å²) in [6.45, 7) is 0. The van der Waals surface area contributed by atoms with E-state index in [4.69, 9.17) is 4.42 Å². The van der Waals surface area contributed by atoms with Crippen LogP contribution in [0.2, 0.25) is 0 Å². The van der Waals surface area contributed by atoms with Gasteiger partial charge in [0.2, 0.25) is 0 Å². The molecule has 15 heavy (non-hydrogen) atoms. The molecule has 1 aliphatic carbocycles. The topological polar surface area (TPSA) is 30.2 Å². The summed E-state index contributed by atoms with van der Waals surface area (Å²) in [6.07, 6.45) is 9.95. The van der Waals surface area contributed by atoms with Gasteiger partial charge >= 0.3 is 0 Å². The Morgan fingerprint density at radius 3 is 2.80 bits per heavy atom. The molecule has 1 saturated carbocycles. The molecule has 0 spiro atoms. The summed E-state index contributed by atoms with van der Waals surface area (Å²) >= 11 is 0. The number of hydrogen-bond donors (Lipinski definition) is 0. The Morgan fingerprint density at radius 2 is 2.13 bits per heavy atom. The van der Waals surface area contributed by atoms with Gasteiger partial charge in [-0.3, -0.25) is 4.79 Å². The van der Waals surface area contributed by atoms with Gasteiger partial charge in [0.05, 0.1) is 6.26 Å². The van der Waals surface area contributed by atoms with Crippen molar-refractivity contribution in [3.63, 3.8) is 0 Å². The predicted molar refractivity (Wildman–Crippen MR) is 58.8 cm³/mol. The zero-order valence-electron chi connectivity index (χ0n) is 9.08. The van der Waals surface area contributed by atoms with Crippen molar-refractivity contribution in [2.45, 2.75) is 44.9 Å². The molecular weight excluding hydrogens is 188 g/mol. The SMILES string of the molecule is O=C(CCC1CCCCC1)c1ccco1. The summed E-state index contributed by atoms with van der Waals surface area (Å²) in [7, 11) is 0. The Hall–Kier alpha value is -1.05. The lowest BCUT2D eigenvalue weighted by Gasteiger charge is -2.20. The molecule has 0 N–H and O–H groups in total. The first-order valence-corrected chi connectivity index (χ1v) is 5.93. The second-order valence-corrected chi connectivity index (χ2v) is 4.44. The van der Waals surface area contributed by atoms with E-state index in [-0.39, 0.29) is 5.78 Å². The molecule has 1 aromatic rings. The van der Waals surface area contributed by atoms with Crippen molar-refractivity contribution >= 4 is 5.78 Å². The van der Waals surface area contributed by atoms with Crippen molar-refractivity contribution in [3.8, 4) is 0 Å². The fourth-order valence-electron chi connectivity index (χ4n) is 2.37. The zero-order chi connectivity index (χ0) is 10.5. The van der Waals surface area contributed by atoms with E-state index in [1.165, 1.54) is 32.1 Å². The third kappa shape index (κ3) is 2.95. The van der Waals surface area contributed by atoms with E-state index in [1.54, 1.807) is 18.4 Å². The van der Waals surface area contributed by atoms with Crippen molar-refractivity contribution in [2.75, 3.05) is 0 Å². The molecule has 0 aliphatic heterocycles. The molecule has 0 bridgehead atoms. The molecule has 2 heteroatoms. The van der Waals surface area contributed by atoms with Crippen LogP contribution in [0.4, 0.5) is 0 Å². The summed E-state index contributed by atoms with van der Waals surface area (Å²) in [5.74, 6) is 1.45. The van der Waals surface area contributed by atoms with Crippen LogP contribution in [0.15, 0.2) is 22.8 Å². The lowest BCUT2D eigenvalue weighted by atomic mass is 9.85. The first-order chi connectivity index (χ1) is 7.36. The van der Waals surface area contributed by atoms with Crippen LogP contribution >= 0.6 is 0 Å². The summed E-state index contributed by atoms with van der Waals surface area (Å²) in [6, 6.07) is 3.52. The number of carbonyl (C=O) groups is 1. The van der Waals surface area contributed by atoms with Crippen molar-refractivity contribution in [1.82, 2.24) is 0 Å². The Balaban J connectivity index is 1.75. The van der Waals surface area contributed by atoms with E-state index >= 15 is 0 Å². The van der Waals surface area contributed by atoms with E-state index in [0.717, 1.165) is 12.3 Å². The number of Topliss-reactive ketones (excluding diaryl/α,β-unsaturated/α-hetero) is 1. The fourth-order valence-corrected chi connectivity index (χ4v) is 2.37. The van der Waals surface area contributed by atoms with Gasteiger partial charge in [-0.2, -0.15) is 0 Å². The van der Waals surface area contributed by atoms with Gasteiger partial charge in [-0.05, 0) is 24.5 Å². The van der Waals surface area contributed by atoms with Gasteiger partial charge in [0.1, 0.15) is 0 Å². The maximum atomic E-state index is 11.7. The number of carbonyl (C=O) groups excluding carboxylic acids is 1. The van der Waals surface area contributed by atoms with E-state index in [2.05, 4.69) is 0 Å². The highest BCUT2D eigenvalue weighted by Gasteiger charge is 2.16. The Kier molecular flexibility index (Phi) is 3.59. The highest BCUT2D eigenvalue weighted by molar-refractivity contribution is 5.93. The van der Waals surface area contributed by atoms with Crippen LogP contribution in [0.5, 0.6) is 0 Å². The smallest absolute Gasteiger partial charge is 0.197 e. The minimum atomic E-state index is 0.158. The first kappa shape index (κ1) is 10.5. The molecule has 1 aliphatic rings. The number of hydrogen-bond acceptors (Lipinski definition) is 2. The average Bonchev–Trinajstić information content (AvgIpc) is 2.81. The predicted octanol–water partition coefficient (Wildman–Crippen LogP) is 3.82. The first-order valence-electron chi connectivity index (χ1n) is 5.93. The molecule has 0 unspecified atom stereocenters. The molecule has 0 radical (unpaired) electrons. The minimum absolute atomic E-state index is 0.158. The van der Waals surface area contributed by atoms with Crippen LogP contribution in [0.3, 0.4) is 0 Å². The summed E-state index contributed by atoms with van der Waals surface area (Å²) in [5.41, 5.74) is 0. The zero-order valence-corrected chi connectivity index (χ0v) is 9.08. The Morgan fingerprint density at radius 1 is 1.33 bits per heavy atom. The highest BCUT2D eigenvalue weighted by Crippen LogP contribution is 2.27. The molecular formula is C13H18O2. The van der Waals surface area contributed by atoms with Gasteiger partial charge in [0, 0.05) is 6.42 Å². The maximum absolute atomic E-state index is 11.7. The van der Waals surface area contributed by atoms with Crippen molar-refractivity contribution in [3.05, 3.63) is 24.2 Å².